The Morgan fingerprint density at radius 1 is 1.25 bits per heavy atom. The number of ether oxygens (including phenoxy) is 1. The fraction of sp³-hybridized carbons (Fsp3) is 0. The second kappa shape index (κ2) is 5.45. The molecule has 0 bridgehead atoms. The maximum Gasteiger partial charge on any atom is 0.331 e. The predicted molar refractivity (Wildman–Crippen MR) is 65.1 cm³/mol. The van der Waals surface area contributed by atoms with Crippen LogP contribution in [0.25, 0.3) is 0 Å². The first-order valence-corrected chi connectivity index (χ1v) is 5.25. The molecule has 7 nitrogen and oxygen atoms in total. The summed E-state index contributed by atoms with van der Waals surface area (Å²) in [5.41, 5.74) is 1.72. The Labute approximate surface area is 111 Å². The van der Waals surface area contributed by atoms with E-state index in [1.54, 1.807) is 0 Å². The molecule has 0 aliphatic carbocycles. The number of nitro groups is 1. The van der Waals surface area contributed by atoms with E-state index in [9.17, 15) is 18.9 Å². The SMILES string of the molecule is NNc1ccc([N+](=O)[O-])c(Oc2cc(F)cc(F)c2)n1. The maximum absolute atomic E-state index is 13.0. The third kappa shape index (κ3) is 2.95. The smallest absolute Gasteiger partial charge is 0.331 e. The number of rotatable bonds is 4. The van der Waals surface area contributed by atoms with Crippen LogP contribution in [0.1, 0.15) is 0 Å². The Morgan fingerprint density at radius 2 is 1.90 bits per heavy atom. The van der Waals surface area contributed by atoms with Gasteiger partial charge in [-0.3, -0.25) is 10.1 Å². The third-order valence-corrected chi connectivity index (χ3v) is 2.24. The lowest BCUT2D eigenvalue weighted by Crippen LogP contribution is -2.09. The Balaban J connectivity index is 2.42. The highest BCUT2D eigenvalue weighted by molar-refractivity contribution is 5.50. The Morgan fingerprint density at radius 3 is 2.45 bits per heavy atom. The number of aromatic nitrogens is 1. The number of pyridine rings is 1. The highest BCUT2D eigenvalue weighted by atomic mass is 19.1. The maximum atomic E-state index is 13.0. The molecule has 0 spiro atoms. The number of benzene rings is 1. The number of nitrogen functional groups attached to an aromatic ring is 1. The van der Waals surface area contributed by atoms with Crippen molar-refractivity contribution in [2.75, 3.05) is 5.43 Å². The Hall–Kier alpha value is -2.81. The van der Waals surface area contributed by atoms with E-state index in [2.05, 4.69) is 10.4 Å². The van der Waals surface area contributed by atoms with Crippen LogP contribution in [-0.2, 0) is 0 Å². The lowest BCUT2D eigenvalue weighted by atomic mass is 10.3. The first kappa shape index (κ1) is 13.6. The van der Waals surface area contributed by atoms with E-state index in [0.29, 0.717) is 6.07 Å². The van der Waals surface area contributed by atoms with Crippen LogP contribution in [0.15, 0.2) is 30.3 Å². The van der Waals surface area contributed by atoms with E-state index in [-0.39, 0.29) is 11.6 Å². The van der Waals surface area contributed by atoms with Crippen LogP contribution in [0.2, 0.25) is 0 Å². The molecule has 1 aromatic carbocycles. The van der Waals surface area contributed by atoms with Gasteiger partial charge in [-0.1, -0.05) is 0 Å². The molecule has 0 fully saturated rings. The minimum Gasteiger partial charge on any atom is -0.433 e. The fourth-order valence-corrected chi connectivity index (χ4v) is 1.43. The van der Waals surface area contributed by atoms with E-state index in [1.807, 2.05) is 0 Å². The summed E-state index contributed by atoms with van der Waals surface area (Å²) in [5, 5.41) is 10.8. The van der Waals surface area contributed by atoms with Gasteiger partial charge in [0, 0.05) is 24.3 Å². The van der Waals surface area contributed by atoms with E-state index in [0.717, 1.165) is 18.2 Å². The summed E-state index contributed by atoms with van der Waals surface area (Å²) in [7, 11) is 0. The molecule has 1 heterocycles. The second-order valence-electron chi connectivity index (χ2n) is 3.63. The van der Waals surface area contributed by atoms with Gasteiger partial charge in [-0.2, -0.15) is 4.98 Å². The largest absolute Gasteiger partial charge is 0.433 e. The van der Waals surface area contributed by atoms with Crippen LogP contribution < -0.4 is 16.0 Å². The lowest BCUT2D eigenvalue weighted by molar-refractivity contribution is -0.386. The quantitative estimate of drug-likeness (QED) is 0.507. The van der Waals surface area contributed by atoms with Gasteiger partial charge >= 0.3 is 11.6 Å². The van der Waals surface area contributed by atoms with Crippen LogP contribution in [0.5, 0.6) is 11.6 Å². The van der Waals surface area contributed by atoms with Crippen LogP contribution in [0.3, 0.4) is 0 Å². The minimum atomic E-state index is -0.879. The van der Waals surface area contributed by atoms with Crippen molar-refractivity contribution in [1.82, 2.24) is 4.98 Å². The summed E-state index contributed by atoms with van der Waals surface area (Å²) < 4.78 is 31.1. The summed E-state index contributed by atoms with van der Waals surface area (Å²) in [5.74, 6) is 2.78. The van der Waals surface area contributed by atoms with Crippen molar-refractivity contribution in [2.24, 2.45) is 5.84 Å². The first-order chi connectivity index (χ1) is 9.49. The van der Waals surface area contributed by atoms with Gasteiger partial charge in [-0.15, -0.1) is 0 Å². The molecule has 20 heavy (non-hydrogen) atoms. The van der Waals surface area contributed by atoms with Crippen LogP contribution in [0, 0.1) is 21.7 Å². The molecule has 0 aliphatic rings. The minimum absolute atomic E-state index is 0.0995. The van der Waals surface area contributed by atoms with Gasteiger partial charge in [0.2, 0.25) is 0 Å². The number of anilines is 1. The zero-order valence-corrected chi connectivity index (χ0v) is 9.84. The van der Waals surface area contributed by atoms with Gasteiger partial charge < -0.3 is 10.2 Å². The zero-order valence-electron chi connectivity index (χ0n) is 9.84. The van der Waals surface area contributed by atoms with Gasteiger partial charge in [0.25, 0.3) is 0 Å². The lowest BCUT2D eigenvalue weighted by Gasteiger charge is -2.07. The van der Waals surface area contributed by atoms with E-state index in [1.165, 1.54) is 6.07 Å². The molecule has 0 amide bonds. The van der Waals surface area contributed by atoms with Crippen molar-refractivity contribution in [2.45, 2.75) is 0 Å². The van der Waals surface area contributed by atoms with E-state index in [4.69, 9.17) is 10.6 Å². The van der Waals surface area contributed by atoms with Gasteiger partial charge in [0.1, 0.15) is 23.2 Å². The molecule has 9 heteroatoms. The van der Waals surface area contributed by atoms with Crippen molar-refractivity contribution in [1.29, 1.82) is 0 Å². The van der Waals surface area contributed by atoms with Gasteiger partial charge in [-0.25, -0.2) is 14.6 Å². The normalized spacial score (nSPS) is 10.2. The van der Waals surface area contributed by atoms with Crippen LogP contribution in [0.4, 0.5) is 20.3 Å². The molecule has 0 atom stereocenters. The number of nitrogens with one attached hydrogen (secondary N) is 1. The molecule has 0 aliphatic heterocycles. The molecular weight excluding hydrogens is 274 g/mol. The predicted octanol–water partition coefficient (Wildman–Crippen LogP) is 2.35. The molecule has 3 N–H and O–H groups in total. The number of hydrogen-bond acceptors (Lipinski definition) is 6. The number of hydrogen-bond donors (Lipinski definition) is 2. The number of halogens is 2. The van der Waals surface area contributed by atoms with Crippen LogP contribution >= 0.6 is 0 Å². The molecule has 1 aromatic heterocycles. The summed E-state index contributed by atoms with van der Waals surface area (Å²) in [6, 6.07) is 4.75. The summed E-state index contributed by atoms with van der Waals surface area (Å²) in [6.07, 6.45) is 0. The standard InChI is InChI=1S/C11H8F2N4O3/c12-6-3-7(13)5-8(4-6)20-11-9(17(18)19)1-2-10(15-11)16-14/h1-5H,14H2,(H,15,16). The number of hydrazine groups is 1. The average molecular weight is 282 g/mol. The average Bonchev–Trinajstić information content (AvgIpc) is 2.37. The molecule has 2 aromatic rings. The topological polar surface area (TPSA) is 103 Å². The van der Waals surface area contributed by atoms with Crippen molar-refractivity contribution >= 4 is 11.5 Å². The molecule has 0 radical (unpaired) electrons. The van der Waals surface area contributed by atoms with E-state index < -0.39 is 28.1 Å². The van der Waals surface area contributed by atoms with E-state index >= 15 is 0 Å². The highest BCUT2D eigenvalue weighted by Gasteiger charge is 2.19. The summed E-state index contributed by atoms with van der Waals surface area (Å²) >= 11 is 0. The van der Waals surface area contributed by atoms with Crippen LogP contribution in [-0.4, -0.2) is 9.91 Å². The fourth-order valence-electron chi connectivity index (χ4n) is 1.43. The monoisotopic (exact) mass is 282 g/mol. The van der Waals surface area contributed by atoms with Crippen molar-refractivity contribution in [3.8, 4) is 11.6 Å². The van der Waals surface area contributed by atoms with Crippen molar-refractivity contribution in [3.05, 3.63) is 52.1 Å². The molecule has 0 saturated carbocycles. The molecule has 104 valence electrons. The molecule has 2 rings (SSSR count). The van der Waals surface area contributed by atoms with Crippen molar-refractivity contribution < 1.29 is 18.4 Å². The zero-order chi connectivity index (χ0) is 14.7. The number of nitrogens with two attached hydrogens (primary N) is 1. The Bertz CT molecular complexity index is 646. The van der Waals surface area contributed by atoms with Gasteiger partial charge in [-0.05, 0) is 6.07 Å². The summed E-state index contributed by atoms with van der Waals surface area (Å²) in [4.78, 5) is 13.8. The highest BCUT2D eigenvalue weighted by Crippen LogP contribution is 2.31. The summed E-state index contributed by atoms with van der Waals surface area (Å²) in [6.45, 7) is 0. The van der Waals surface area contributed by atoms with Crippen molar-refractivity contribution in [3.63, 3.8) is 0 Å². The first-order valence-electron chi connectivity index (χ1n) is 5.25. The molecular formula is C11H8F2N4O3. The third-order valence-electron chi connectivity index (χ3n) is 2.24. The molecule has 0 saturated heterocycles. The van der Waals surface area contributed by atoms with Gasteiger partial charge in [0.15, 0.2) is 0 Å². The Kier molecular flexibility index (Phi) is 3.71. The van der Waals surface area contributed by atoms with Gasteiger partial charge in [0.05, 0.1) is 4.92 Å². The second-order valence-corrected chi connectivity index (χ2v) is 3.63. The number of nitrogens with zero attached hydrogens (tertiary/aromatic N) is 2. The molecule has 0 unspecified atom stereocenters.